The van der Waals surface area contributed by atoms with E-state index in [1.807, 2.05) is 32.9 Å². The minimum Gasteiger partial charge on any atom is -0.465 e. The van der Waals surface area contributed by atoms with Gasteiger partial charge in [0.1, 0.15) is 6.04 Å². The summed E-state index contributed by atoms with van der Waals surface area (Å²) in [6.45, 7) is 9.07. The quantitative estimate of drug-likeness (QED) is 0.824. The van der Waals surface area contributed by atoms with Gasteiger partial charge in [0.05, 0.1) is 6.04 Å². The number of benzene rings is 1. The molecule has 0 bridgehead atoms. The third kappa shape index (κ3) is 5.13. The van der Waals surface area contributed by atoms with Crippen molar-refractivity contribution in [2.45, 2.75) is 52.7 Å². The number of nitrogens with one attached hydrogen (secondary N) is 1. The molecule has 0 heterocycles. The molecule has 0 aliphatic rings. The third-order valence-corrected chi connectivity index (χ3v) is 3.96. The number of nitrogens with zero attached hydrogens (tertiary/aromatic N) is 1. The van der Waals surface area contributed by atoms with Crippen molar-refractivity contribution in [1.82, 2.24) is 10.2 Å². The Morgan fingerprint density at radius 2 is 1.61 bits per heavy atom. The van der Waals surface area contributed by atoms with E-state index < -0.39 is 12.1 Å². The lowest BCUT2D eigenvalue weighted by Crippen LogP contribution is -2.54. The van der Waals surface area contributed by atoms with E-state index in [-0.39, 0.29) is 23.9 Å². The van der Waals surface area contributed by atoms with Gasteiger partial charge in [0, 0.05) is 11.1 Å². The van der Waals surface area contributed by atoms with Crippen LogP contribution in [-0.2, 0) is 4.79 Å². The predicted molar refractivity (Wildman–Crippen MR) is 91.6 cm³/mol. The molecule has 0 aliphatic heterocycles. The number of carbonyl (C=O) groups excluding carboxylic acids is 1. The SMILES string of the molecule is CC(NC(=O)C(C(C)C)N(C(=O)O)C(C)C)c1ccc(Cl)cc1. The number of carboxylic acid groups (broad SMARTS) is 1. The summed E-state index contributed by atoms with van der Waals surface area (Å²) in [5, 5.41) is 13.0. The highest BCUT2D eigenvalue weighted by Crippen LogP contribution is 2.19. The van der Waals surface area contributed by atoms with Gasteiger partial charge in [-0.1, -0.05) is 37.6 Å². The van der Waals surface area contributed by atoms with Crippen molar-refractivity contribution in [3.8, 4) is 0 Å². The van der Waals surface area contributed by atoms with Crippen molar-refractivity contribution in [3.05, 3.63) is 34.9 Å². The maximum Gasteiger partial charge on any atom is 0.408 e. The van der Waals surface area contributed by atoms with Crippen LogP contribution in [0.25, 0.3) is 0 Å². The van der Waals surface area contributed by atoms with E-state index in [0.29, 0.717) is 5.02 Å². The first-order valence-corrected chi connectivity index (χ1v) is 8.10. The molecule has 2 atom stereocenters. The summed E-state index contributed by atoms with van der Waals surface area (Å²) < 4.78 is 0. The van der Waals surface area contributed by atoms with Crippen molar-refractivity contribution >= 4 is 23.6 Å². The molecule has 1 aromatic carbocycles. The van der Waals surface area contributed by atoms with Gasteiger partial charge in [0.25, 0.3) is 0 Å². The summed E-state index contributed by atoms with van der Waals surface area (Å²) in [5.74, 6) is -0.426. The molecule has 0 aliphatic carbocycles. The molecule has 5 nitrogen and oxygen atoms in total. The molecule has 2 amide bonds. The third-order valence-electron chi connectivity index (χ3n) is 3.71. The maximum atomic E-state index is 12.6. The molecule has 0 saturated carbocycles. The van der Waals surface area contributed by atoms with Gasteiger partial charge in [0.2, 0.25) is 5.91 Å². The first-order valence-electron chi connectivity index (χ1n) is 7.72. The van der Waals surface area contributed by atoms with E-state index in [4.69, 9.17) is 11.6 Å². The number of hydrogen-bond acceptors (Lipinski definition) is 2. The van der Waals surface area contributed by atoms with Crippen LogP contribution in [0.2, 0.25) is 5.02 Å². The number of amides is 2. The molecule has 1 rings (SSSR count). The van der Waals surface area contributed by atoms with Gasteiger partial charge in [-0.15, -0.1) is 0 Å². The number of halogens is 1. The van der Waals surface area contributed by atoms with Crippen molar-refractivity contribution in [1.29, 1.82) is 0 Å². The summed E-state index contributed by atoms with van der Waals surface area (Å²) in [6.07, 6.45) is -1.09. The molecule has 0 radical (unpaired) electrons. The lowest BCUT2D eigenvalue weighted by molar-refractivity contribution is -0.128. The Morgan fingerprint density at radius 1 is 1.09 bits per heavy atom. The van der Waals surface area contributed by atoms with Gasteiger partial charge in [-0.05, 0) is 44.4 Å². The molecule has 0 aromatic heterocycles. The Balaban J connectivity index is 2.93. The standard InChI is InChI=1S/C17H25ClN2O3/c1-10(2)15(20(11(3)4)17(22)23)16(21)19-12(5)13-6-8-14(18)9-7-13/h6-12,15H,1-5H3,(H,19,21)(H,22,23). The first kappa shape index (κ1) is 19.3. The highest BCUT2D eigenvalue weighted by atomic mass is 35.5. The first-order chi connectivity index (χ1) is 10.6. The van der Waals surface area contributed by atoms with Gasteiger partial charge >= 0.3 is 6.09 Å². The highest BCUT2D eigenvalue weighted by Gasteiger charge is 2.34. The molecule has 6 heteroatoms. The highest BCUT2D eigenvalue weighted by molar-refractivity contribution is 6.30. The van der Waals surface area contributed by atoms with Crippen molar-refractivity contribution in [2.24, 2.45) is 5.92 Å². The van der Waals surface area contributed by atoms with Crippen LogP contribution >= 0.6 is 11.6 Å². The molecule has 2 N–H and O–H groups in total. The van der Waals surface area contributed by atoms with Crippen molar-refractivity contribution in [2.75, 3.05) is 0 Å². The van der Waals surface area contributed by atoms with Crippen LogP contribution in [0.5, 0.6) is 0 Å². The fraction of sp³-hybridized carbons (Fsp3) is 0.529. The zero-order valence-corrected chi connectivity index (χ0v) is 15.0. The molecule has 0 saturated heterocycles. The normalized spacial score (nSPS) is 13.7. The van der Waals surface area contributed by atoms with Crippen LogP contribution in [-0.4, -0.2) is 34.1 Å². The zero-order chi connectivity index (χ0) is 17.7. The zero-order valence-electron chi connectivity index (χ0n) is 14.2. The molecule has 1 aromatic rings. The summed E-state index contributed by atoms with van der Waals surface area (Å²) in [6, 6.07) is 5.96. The van der Waals surface area contributed by atoms with Gasteiger partial charge in [-0.3, -0.25) is 9.69 Å². The van der Waals surface area contributed by atoms with Gasteiger partial charge in [-0.25, -0.2) is 4.79 Å². The summed E-state index contributed by atoms with van der Waals surface area (Å²) in [4.78, 5) is 25.4. The largest absolute Gasteiger partial charge is 0.465 e. The average Bonchev–Trinajstić information content (AvgIpc) is 2.43. The molecule has 128 valence electrons. The minimum absolute atomic E-state index is 0.133. The number of hydrogen-bond donors (Lipinski definition) is 2. The van der Waals surface area contributed by atoms with E-state index in [0.717, 1.165) is 5.56 Å². The predicted octanol–water partition coefficient (Wildman–Crippen LogP) is 3.93. The van der Waals surface area contributed by atoms with E-state index in [1.54, 1.807) is 26.0 Å². The number of rotatable bonds is 6. The second-order valence-electron chi connectivity index (χ2n) is 6.25. The molecule has 0 fully saturated rings. The van der Waals surface area contributed by atoms with Crippen LogP contribution in [0, 0.1) is 5.92 Å². The monoisotopic (exact) mass is 340 g/mol. The summed E-state index contributed by atoms with van der Waals surface area (Å²) in [5.41, 5.74) is 0.914. The Morgan fingerprint density at radius 3 is 2.00 bits per heavy atom. The maximum absolute atomic E-state index is 12.6. The Kier molecular flexibility index (Phi) is 6.88. The van der Waals surface area contributed by atoms with Crippen LogP contribution in [0.4, 0.5) is 4.79 Å². The van der Waals surface area contributed by atoms with Gasteiger partial charge in [-0.2, -0.15) is 0 Å². The van der Waals surface area contributed by atoms with Crippen molar-refractivity contribution in [3.63, 3.8) is 0 Å². The minimum atomic E-state index is -1.09. The lowest BCUT2D eigenvalue weighted by Gasteiger charge is -2.34. The molecule has 2 unspecified atom stereocenters. The summed E-state index contributed by atoms with van der Waals surface area (Å²) in [7, 11) is 0. The van der Waals surface area contributed by atoms with Crippen LogP contribution < -0.4 is 5.32 Å². The Hall–Kier alpha value is -1.75. The van der Waals surface area contributed by atoms with E-state index >= 15 is 0 Å². The van der Waals surface area contributed by atoms with E-state index in [2.05, 4.69) is 5.32 Å². The van der Waals surface area contributed by atoms with E-state index in [9.17, 15) is 14.7 Å². The Labute approximate surface area is 142 Å². The van der Waals surface area contributed by atoms with E-state index in [1.165, 1.54) is 4.90 Å². The second-order valence-corrected chi connectivity index (χ2v) is 6.69. The second kappa shape index (κ2) is 8.20. The topological polar surface area (TPSA) is 69.6 Å². The smallest absolute Gasteiger partial charge is 0.408 e. The molecular weight excluding hydrogens is 316 g/mol. The Bertz CT molecular complexity index is 543. The lowest BCUT2D eigenvalue weighted by atomic mass is 9.99. The van der Waals surface area contributed by atoms with Crippen molar-refractivity contribution < 1.29 is 14.7 Å². The van der Waals surface area contributed by atoms with Crippen LogP contribution in [0.3, 0.4) is 0 Å². The average molecular weight is 341 g/mol. The van der Waals surface area contributed by atoms with Crippen LogP contribution in [0.1, 0.15) is 46.2 Å². The number of carbonyl (C=O) groups is 2. The molecule has 0 spiro atoms. The molecule has 23 heavy (non-hydrogen) atoms. The fourth-order valence-electron chi connectivity index (χ4n) is 2.54. The van der Waals surface area contributed by atoms with Crippen LogP contribution in [0.15, 0.2) is 24.3 Å². The van der Waals surface area contributed by atoms with Gasteiger partial charge in [0.15, 0.2) is 0 Å². The molecular formula is C17H25ClN2O3. The van der Waals surface area contributed by atoms with Gasteiger partial charge < -0.3 is 10.4 Å². The summed E-state index contributed by atoms with van der Waals surface area (Å²) >= 11 is 5.87. The fourth-order valence-corrected chi connectivity index (χ4v) is 2.67.